The van der Waals surface area contributed by atoms with Crippen LogP contribution in [0.5, 0.6) is 0 Å². The van der Waals surface area contributed by atoms with Crippen molar-refractivity contribution in [1.82, 2.24) is 10.2 Å². The molecule has 27 heavy (non-hydrogen) atoms. The highest BCUT2D eigenvalue weighted by atomic mass is 35.5. The van der Waals surface area contributed by atoms with Crippen LogP contribution < -0.4 is 5.32 Å². The lowest BCUT2D eigenvalue weighted by molar-refractivity contribution is -0.143. The lowest BCUT2D eigenvalue weighted by Crippen LogP contribution is -2.39. The van der Waals surface area contributed by atoms with E-state index in [1.54, 1.807) is 0 Å². The predicted octanol–water partition coefficient (Wildman–Crippen LogP) is 4.94. The van der Waals surface area contributed by atoms with E-state index in [0.717, 1.165) is 23.5 Å². The number of amides is 1. The molecule has 1 aliphatic rings. The summed E-state index contributed by atoms with van der Waals surface area (Å²) in [5, 5.41) is 2.97. The Hall–Kier alpha value is -1.52. The molecule has 0 radical (unpaired) electrons. The van der Waals surface area contributed by atoms with Gasteiger partial charge in [-0.2, -0.15) is 26.3 Å². The minimum atomic E-state index is -4.52. The van der Waals surface area contributed by atoms with Crippen LogP contribution in [0.2, 0.25) is 5.02 Å². The van der Waals surface area contributed by atoms with Crippen LogP contribution in [-0.2, 0) is 6.18 Å². The van der Waals surface area contributed by atoms with Crippen molar-refractivity contribution in [3.63, 3.8) is 0 Å². The first kappa shape index (κ1) is 20.2. The van der Waals surface area contributed by atoms with Gasteiger partial charge < -0.3 is 5.32 Å². The zero-order chi connectivity index (χ0) is 20.0. The number of benzene rings is 1. The second kappa shape index (κ2) is 7.14. The standard InChI is InChI=1S/C16H13ClF6N2OS/c17-12-10-2-1-8(16(21,22)23)5-11(10)27-13(12)14(26)24-9-3-4-25(6-9)7-15(18,19)20/h1-2,5,9H,3-4,6-7H2,(H,24,26)/t9-/m1/s1. The summed E-state index contributed by atoms with van der Waals surface area (Å²) in [7, 11) is 0. The van der Waals surface area contributed by atoms with Gasteiger partial charge in [0.25, 0.3) is 5.91 Å². The van der Waals surface area contributed by atoms with Crippen LogP contribution in [0.1, 0.15) is 21.7 Å². The molecule has 1 amide bonds. The molecular formula is C16H13ClF6N2OS. The minimum Gasteiger partial charge on any atom is -0.347 e. The minimum absolute atomic E-state index is 0.0337. The normalized spacial score (nSPS) is 19.0. The molecular weight excluding hydrogens is 418 g/mol. The number of alkyl halides is 6. The fraction of sp³-hybridized carbons (Fsp3) is 0.438. The highest BCUT2D eigenvalue weighted by Crippen LogP contribution is 2.39. The number of hydrogen-bond donors (Lipinski definition) is 1. The Morgan fingerprint density at radius 1 is 1.26 bits per heavy atom. The zero-order valence-corrected chi connectivity index (χ0v) is 15.1. The maximum Gasteiger partial charge on any atom is 0.416 e. The van der Waals surface area contributed by atoms with Gasteiger partial charge in [-0.3, -0.25) is 9.69 Å². The molecule has 0 saturated carbocycles. The quantitative estimate of drug-likeness (QED) is 0.700. The van der Waals surface area contributed by atoms with Crippen molar-refractivity contribution in [3.8, 4) is 0 Å². The van der Waals surface area contributed by atoms with Gasteiger partial charge in [-0.1, -0.05) is 17.7 Å². The van der Waals surface area contributed by atoms with Crippen molar-refractivity contribution < 1.29 is 31.1 Å². The molecule has 1 aliphatic heterocycles. The summed E-state index contributed by atoms with van der Waals surface area (Å²) in [5.74, 6) is -0.603. The van der Waals surface area contributed by atoms with Gasteiger partial charge in [0.15, 0.2) is 0 Å². The fourth-order valence-electron chi connectivity index (χ4n) is 2.99. The number of likely N-dealkylation sites (tertiary alicyclic amines) is 1. The third kappa shape index (κ3) is 4.67. The third-order valence-corrected chi connectivity index (χ3v) is 5.83. The van der Waals surface area contributed by atoms with Crippen LogP contribution >= 0.6 is 22.9 Å². The highest BCUT2D eigenvalue weighted by Gasteiger charge is 2.35. The number of hydrogen-bond acceptors (Lipinski definition) is 3. The second-order valence-corrected chi connectivity index (χ2v) is 7.69. The molecule has 1 saturated heterocycles. The maximum atomic E-state index is 12.8. The third-order valence-electron chi connectivity index (χ3n) is 4.17. The topological polar surface area (TPSA) is 32.3 Å². The molecule has 11 heteroatoms. The second-order valence-electron chi connectivity index (χ2n) is 6.26. The monoisotopic (exact) mass is 430 g/mol. The highest BCUT2D eigenvalue weighted by molar-refractivity contribution is 7.21. The average Bonchev–Trinajstić information content (AvgIpc) is 3.09. The average molecular weight is 431 g/mol. The summed E-state index contributed by atoms with van der Waals surface area (Å²) in [5.41, 5.74) is -0.849. The van der Waals surface area contributed by atoms with E-state index in [-0.39, 0.29) is 27.7 Å². The van der Waals surface area contributed by atoms with Crippen LogP contribution in [0, 0.1) is 0 Å². The van der Waals surface area contributed by atoms with Crippen molar-refractivity contribution in [2.24, 2.45) is 0 Å². The van der Waals surface area contributed by atoms with E-state index in [2.05, 4.69) is 5.32 Å². The first-order valence-electron chi connectivity index (χ1n) is 7.83. The zero-order valence-electron chi connectivity index (χ0n) is 13.5. The van der Waals surface area contributed by atoms with Crippen LogP contribution in [0.25, 0.3) is 10.1 Å². The smallest absolute Gasteiger partial charge is 0.347 e. The lowest BCUT2D eigenvalue weighted by Gasteiger charge is -2.18. The van der Waals surface area contributed by atoms with Crippen molar-refractivity contribution in [2.45, 2.75) is 24.8 Å². The number of halogens is 7. The van der Waals surface area contributed by atoms with E-state index < -0.39 is 36.4 Å². The summed E-state index contributed by atoms with van der Waals surface area (Å²) in [6, 6.07) is 2.53. The molecule has 0 unspecified atom stereocenters. The van der Waals surface area contributed by atoms with E-state index >= 15 is 0 Å². The predicted molar refractivity (Wildman–Crippen MR) is 90.2 cm³/mol. The van der Waals surface area contributed by atoms with E-state index in [9.17, 15) is 31.1 Å². The molecule has 0 spiro atoms. The van der Waals surface area contributed by atoms with E-state index in [1.165, 1.54) is 11.0 Å². The van der Waals surface area contributed by atoms with E-state index in [0.29, 0.717) is 11.8 Å². The Kier molecular flexibility index (Phi) is 5.35. The number of thiophene rings is 1. The Morgan fingerprint density at radius 2 is 1.96 bits per heavy atom. The Morgan fingerprint density at radius 3 is 2.59 bits per heavy atom. The summed E-state index contributed by atoms with van der Waals surface area (Å²) >= 11 is 6.95. The molecule has 2 aromatic rings. The number of nitrogens with zero attached hydrogens (tertiary/aromatic N) is 1. The van der Waals surface area contributed by atoms with Crippen molar-refractivity contribution in [3.05, 3.63) is 33.7 Å². The van der Waals surface area contributed by atoms with E-state index in [4.69, 9.17) is 11.6 Å². The van der Waals surface area contributed by atoms with Crippen LogP contribution in [-0.4, -0.2) is 42.7 Å². The summed E-state index contributed by atoms with van der Waals surface area (Å²) in [6.07, 6.45) is -8.48. The number of carbonyl (C=O) groups excluding carboxylic acids is 1. The SMILES string of the molecule is O=C(N[C@@H]1CCN(CC(F)(F)F)C1)c1sc2cc(C(F)(F)F)ccc2c1Cl. The Balaban J connectivity index is 1.74. The first-order valence-corrected chi connectivity index (χ1v) is 9.03. The van der Waals surface area contributed by atoms with Crippen molar-refractivity contribution >= 4 is 38.9 Å². The van der Waals surface area contributed by atoms with Gasteiger partial charge in [0.2, 0.25) is 0 Å². The molecule has 3 rings (SSSR count). The molecule has 3 nitrogen and oxygen atoms in total. The van der Waals surface area contributed by atoms with Crippen LogP contribution in [0.15, 0.2) is 18.2 Å². The number of nitrogens with one attached hydrogen (secondary N) is 1. The van der Waals surface area contributed by atoms with Crippen molar-refractivity contribution in [1.29, 1.82) is 0 Å². The maximum absolute atomic E-state index is 12.8. The Bertz CT molecular complexity index is 863. The van der Waals surface area contributed by atoms with Crippen LogP contribution in [0.3, 0.4) is 0 Å². The number of carbonyl (C=O) groups is 1. The van der Waals surface area contributed by atoms with E-state index in [1.807, 2.05) is 0 Å². The van der Waals surface area contributed by atoms with Crippen LogP contribution in [0.4, 0.5) is 26.3 Å². The molecule has 1 aromatic heterocycles. The molecule has 1 N–H and O–H groups in total. The van der Waals surface area contributed by atoms with Gasteiger partial charge in [0, 0.05) is 29.2 Å². The van der Waals surface area contributed by atoms with Gasteiger partial charge in [-0.25, -0.2) is 0 Å². The van der Waals surface area contributed by atoms with Crippen molar-refractivity contribution in [2.75, 3.05) is 19.6 Å². The van der Waals surface area contributed by atoms with Gasteiger partial charge >= 0.3 is 12.4 Å². The number of rotatable bonds is 3. The molecule has 0 bridgehead atoms. The lowest BCUT2D eigenvalue weighted by atomic mass is 10.1. The van der Waals surface area contributed by atoms with Gasteiger partial charge in [0.1, 0.15) is 4.88 Å². The molecule has 1 fully saturated rings. The summed E-state index contributed by atoms with van der Waals surface area (Å²) in [6.45, 7) is -0.811. The van der Waals surface area contributed by atoms with Gasteiger partial charge in [-0.05, 0) is 18.6 Å². The Labute approximate surface area is 158 Å². The first-order chi connectivity index (χ1) is 12.4. The van der Waals surface area contributed by atoms with Gasteiger partial charge in [0.05, 0.1) is 17.1 Å². The molecule has 0 aliphatic carbocycles. The largest absolute Gasteiger partial charge is 0.416 e. The molecule has 148 valence electrons. The summed E-state index contributed by atoms with van der Waals surface area (Å²) in [4.78, 5) is 13.6. The molecule has 2 heterocycles. The number of fused-ring (bicyclic) bond motifs is 1. The molecule has 1 aromatic carbocycles. The van der Waals surface area contributed by atoms with Gasteiger partial charge in [-0.15, -0.1) is 11.3 Å². The summed E-state index contributed by atoms with van der Waals surface area (Å²) < 4.78 is 75.9. The molecule has 1 atom stereocenters. The fourth-order valence-corrected chi connectivity index (χ4v) is 4.45.